The Morgan fingerprint density at radius 1 is 0.852 bits per heavy atom. The fourth-order valence-corrected chi connectivity index (χ4v) is 4.50. The van der Waals surface area contributed by atoms with E-state index in [9.17, 15) is 4.79 Å². The van der Waals surface area contributed by atoms with Gasteiger partial charge in [-0.05, 0) is 52.5 Å². The number of carbonyl (C=O) groups excluding carboxylic acids is 1. The number of ether oxygens (including phenoxy) is 1. The second-order valence-electron chi connectivity index (χ2n) is 9.46. The monoisotopic (exact) mass is 380 g/mol. The molecule has 2 aliphatic rings. The fourth-order valence-electron chi connectivity index (χ4n) is 4.50. The third-order valence-corrected chi connectivity index (χ3v) is 6.27. The van der Waals surface area contributed by atoms with Crippen LogP contribution in [0.5, 0.6) is 0 Å². The normalized spacial score (nSPS) is 21.7. The highest BCUT2D eigenvalue weighted by molar-refractivity contribution is 5.77. The molecule has 2 N–H and O–H groups in total. The highest BCUT2D eigenvalue weighted by atomic mass is 16.5. The van der Waals surface area contributed by atoms with Gasteiger partial charge in [-0.25, -0.2) is 0 Å². The van der Waals surface area contributed by atoms with Crippen molar-refractivity contribution in [1.29, 1.82) is 0 Å². The molecule has 27 heavy (non-hydrogen) atoms. The summed E-state index contributed by atoms with van der Waals surface area (Å²) >= 11 is 0. The molecule has 158 valence electrons. The molecule has 0 unspecified atom stereocenters. The van der Waals surface area contributed by atoms with Gasteiger partial charge < -0.3 is 15.4 Å². The van der Waals surface area contributed by atoms with E-state index in [1.807, 2.05) is 0 Å². The average Bonchev–Trinajstić information content (AvgIpc) is 2.55. The molecule has 0 aromatic carbocycles. The Morgan fingerprint density at radius 3 is 1.96 bits per heavy atom. The van der Waals surface area contributed by atoms with Crippen molar-refractivity contribution < 1.29 is 9.53 Å². The first-order valence-corrected chi connectivity index (χ1v) is 11.7. The third-order valence-electron chi connectivity index (χ3n) is 6.27. The van der Waals surface area contributed by atoms with Crippen molar-refractivity contribution in [2.75, 3.05) is 13.2 Å². The lowest BCUT2D eigenvalue weighted by Gasteiger charge is -2.29. The van der Waals surface area contributed by atoms with Gasteiger partial charge in [0.15, 0.2) is 0 Å². The molecule has 2 saturated carbocycles. The van der Waals surface area contributed by atoms with Crippen LogP contribution in [-0.4, -0.2) is 36.7 Å². The van der Waals surface area contributed by atoms with Gasteiger partial charge in [0, 0.05) is 11.6 Å². The van der Waals surface area contributed by atoms with Crippen molar-refractivity contribution in [3.63, 3.8) is 0 Å². The molecule has 4 heteroatoms. The van der Waals surface area contributed by atoms with Gasteiger partial charge in [0.2, 0.25) is 5.91 Å². The lowest BCUT2D eigenvalue weighted by atomic mass is 9.95. The van der Waals surface area contributed by atoms with Gasteiger partial charge in [0.1, 0.15) is 6.61 Å². The van der Waals surface area contributed by atoms with Crippen molar-refractivity contribution in [3.05, 3.63) is 0 Å². The summed E-state index contributed by atoms with van der Waals surface area (Å²) in [6.07, 6.45) is 19.4. The first-order valence-electron chi connectivity index (χ1n) is 11.7. The average molecular weight is 381 g/mol. The third kappa shape index (κ3) is 10.5. The second-order valence-corrected chi connectivity index (χ2v) is 9.46. The highest BCUT2D eigenvalue weighted by Crippen LogP contribution is 2.20. The zero-order valence-corrected chi connectivity index (χ0v) is 18.0. The molecule has 1 amide bonds. The summed E-state index contributed by atoms with van der Waals surface area (Å²) in [5.74, 6) is 0.0352. The van der Waals surface area contributed by atoms with E-state index >= 15 is 0 Å². The molecule has 2 rings (SSSR count). The van der Waals surface area contributed by atoms with Gasteiger partial charge in [-0.1, -0.05) is 64.2 Å². The van der Waals surface area contributed by atoms with Crippen molar-refractivity contribution in [2.45, 2.75) is 128 Å². The molecule has 2 aliphatic carbocycles. The predicted octanol–water partition coefficient (Wildman–Crippen LogP) is 5.10. The number of rotatable bonds is 8. The van der Waals surface area contributed by atoms with Crippen molar-refractivity contribution in [1.82, 2.24) is 10.6 Å². The number of hydrogen-bond acceptors (Lipinski definition) is 3. The van der Waals surface area contributed by atoms with Crippen molar-refractivity contribution in [3.8, 4) is 0 Å². The van der Waals surface area contributed by atoms with E-state index in [0.717, 1.165) is 25.8 Å². The van der Waals surface area contributed by atoms with Crippen LogP contribution in [0, 0.1) is 0 Å². The highest BCUT2D eigenvalue weighted by Gasteiger charge is 2.22. The first-order chi connectivity index (χ1) is 13.1. The summed E-state index contributed by atoms with van der Waals surface area (Å²) in [6, 6.07) is 0.666. The number of carbonyl (C=O) groups is 1. The van der Waals surface area contributed by atoms with Crippen LogP contribution >= 0.6 is 0 Å². The van der Waals surface area contributed by atoms with E-state index in [1.165, 1.54) is 77.0 Å². The summed E-state index contributed by atoms with van der Waals surface area (Å²) in [7, 11) is 0. The van der Waals surface area contributed by atoms with Crippen molar-refractivity contribution in [2.24, 2.45) is 0 Å². The second kappa shape index (κ2) is 12.8. The van der Waals surface area contributed by atoms with Crippen LogP contribution < -0.4 is 10.6 Å². The minimum Gasteiger partial charge on any atom is -0.368 e. The van der Waals surface area contributed by atoms with E-state index in [0.29, 0.717) is 6.04 Å². The maximum Gasteiger partial charge on any atom is 0.246 e. The van der Waals surface area contributed by atoms with Crippen LogP contribution in [-0.2, 0) is 9.53 Å². The molecule has 0 radical (unpaired) electrons. The van der Waals surface area contributed by atoms with Gasteiger partial charge in [0.25, 0.3) is 0 Å². The minimum absolute atomic E-state index is 0.0352. The SMILES string of the molecule is CC(C)(CCNC1CCCCCCC1)NC(=O)COC1CCCCCCC1. The van der Waals surface area contributed by atoms with Gasteiger partial charge in [-0.2, -0.15) is 0 Å². The Kier molecular flexibility index (Phi) is 10.7. The summed E-state index contributed by atoms with van der Waals surface area (Å²) in [6.45, 7) is 5.44. The van der Waals surface area contributed by atoms with E-state index in [-0.39, 0.29) is 24.2 Å². The van der Waals surface area contributed by atoms with Crippen LogP contribution in [0.15, 0.2) is 0 Å². The number of nitrogens with one attached hydrogen (secondary N) is 2. The fraction of sp³-hybridized carbons (Fsp3) is 0.957. The molecule has 0 aromatic rings. The number of amides is 1. The van der Waals surface area contributed by atoms with E-state index in [4.69, 9.17) is 4.74 Å². The first kappa shape index (κ1) is 22.7. The van der Waals surface area contributed by atoms with E-state index < -0.39 is 0 Å². The largest absolute Gasteiger partial charge is 0.368 e. The Morgan fingerprint density at radius 2 is 1.37 bits per heavy atom. The number of hydrogen-bond donors (Lipinski definition) is 2. The topological polar surface area (TPSA) is 50.4 Å². The molecule has 0 spiro atoms. The molecular weight excluding hydrogens is 336 g/mol. The van der Waals surface area contributed by atoms with Crippen LogP contribution in [0.3, 0.4) is 0 Å². The predicted molar refractivity (Wildman–Crippen MR) is 113 cm³/mol. The minimum atomic E-state index is -0.185. The maximum absolute atomic E-state index is 12.3. The maximum atomic E-state index is 12.3. The molecule has 0 heterocycles. The zero-order chi connectivity index (χ0) is 19.4. The summed E-state index contributed by atoms with van der Waals surface area (Å²) in [4.78, 5) is 12.3. The quantitative estimate of drug-likeness (QED) is 0.616. The molecular formula is C23H44N2O2. The van der Waals surface area contributed by atoms with Crippen molar-refractivity contribution >= 4 is 5.91 Å². The Labute approximate surface area is 167 Å². The van der Waals surface area contributed by atoms with Crippen LogP contribution in [0.25, 0.3) is 0 Å². The molecule has 4 nitrogen and oxygen atoms in total. The smallest absolute Gasteiger partial charge is 0.246 e. The Hall–Kier alpha value is -0.610. The van der Waals surface area contributed by atoms with E-state index in [1.54, 1.807) is 0 Å². The van der Waals surface area contributed by atoms with Gasteiger partial charge in [-0.3, -0.25) is 4.79 Å². The molecule has 0 atom stereocenters. The molecule has 0 aromatic heterocycles. The molecule has 0 bridgehead atoms. The molecule has 2 fully saturated rings. The van der Waals surface area contributed by atoms with Crippen LogP contribution in [0.2, 0.25) is 0 Å². The van der Waals surface area contributed by atoms with Gasteiger partial charge >= 0.3 is 0 Å². The lowest BCUT2D eigenvalue weighted by molar-refractivity contribution is -0.129. The van der Waals surface area contributed by atoms with Crippen LogP contribution in [0.1, 0.15) is 110 Å². The van der Waals surface area contributed by atoms with Crippen LogP contribution in [0.4, 0.5) is 0 Å². The Bertz CT molecular complexity index is 395. The van der Waals surface area contributed by atoms with Gasteiger partial charge in [-0.15, -0.1) is 0 Å². The summed E-state index contributed by atoms with van der Waals surface area (Å²) in [5.41, 5.74) is -0.185. The Balaban J connectivity index is 1.61. The summed E-state index contributed by atoms with van der Waals surface area (Å²) < 4.78 is 5.92. The molecule has 0 saturated heterocycles. The van der Waals surface area contributed by atoms with Gasteiger partial charge in [0.05, 0.1) is 6.10 Å². The van der Waals surface area contributed by atoms with E-state index in [2.05, 4.69) is 24.5 Å². The standard InChI is InChI=1S/C23H44N2O2/c1-23(2,17-18-24-20-13-9-5-3-6-10-14-20)25-22(26)19-27-21-15-11-7-4-8-12-16-21/h20-21,24H,3-19H2,1-2H3,(H,25,26). The molecule has 0 aliphatic heterocycles. The zero-order valence-electron chi connectivity index (χ0n) is 18.0. The lowest BCUT2D eigenvalue weighted by Crippen LogP contribution is -2.47. The summed E-state index contributed by atoms with van der Waals surface area (Å²) in [5, 5.41) is 6.91.